The number of carbonyl (C=O) groups excluding carboxylic acids is 3. The van der Waals surface area contributed by atoms with Gasteiger partial charge in [0.1, 0.15) is 6.04 Å². The summed E-state index contributed by atoms with van der Waals surface area (Å²) in [5, 5.41) is 6.16. The number of halogens is 3. The number of nitrogens with one attached hydrogen (secondary N) is 3. The second kappa shape index (κ2) is 12.0. The Bertz CT molecular complexity index is 1570. The molecular weight excluding hydrogens is 547 g/mol. The highest BCUT2D eigenvalue weighted by Crippen LogP contribution is 2.30. The number of aromatic nitrogens is 1. The van der Waals surface area contributed by atoms with Crippen molar-refractivity contribution in [3.63, 3.8) is 0 Å². The molecule has 42 heavy (non-hydrogen) atoms. The van der Waals surface area contributed by atoms with Crippen LogP contribution in [0.3, 0.4) is 0 Å². The van der Waals surface area contributed by atoms with E-state index in [0.717, 1.165) is 40.7 Å². The van der Waals surface area contributed by atoms with Crippen LogP contribution in [-0.2, 0) is 17.4 Å². The molecule has 0 bridgehead atoms. The molecule has 218 valence electrons. The number of rotatable bonds is 6. The number of alkyl halides is 3. The van der Waals surface area contributed by atoms with Crippen LogP contribution in [0.2, 0.25) is 0 Å². The van der Waals surface area contributed by atoms with Gasteiger partial charge in [-0.15, -0.1) is 0 Å². The Labute approximate surface area is 240 Å². The number of hydrogen-bond acceptors (Lipinski definition) is 3. The van der Waals surface area contributed by atoms with Gasteiger partial charge in [0.15, 0.2) is 0 Å². The molecule has 1 aliphatic rings. The first kappa shape index (κ1) is 28.7. The molecule has 3 N–H and O–H groups in total. The number of nitrogens with zero attached hydrogens (tertiary/aromatic N) is 2. The fourth-order valence-electron chi connectivity index (χ4n) is 5.21. The summed E-state index contributed by atoms with van der Waals surface area (Å²) in [6.07, 6.45) is -2.52. The van der Waals surface area contributed by atoms with E-state index in [4.69, 9.17) is 0 Å². The van der Waals surface area contributed by atoms with Crippen LogP contribution < -0.4 is 10.6 Å². The molecule has 4 amide bonds. The second-order valence-corrected chi connectivity index (χ2v) is 10.3. The summed E-state index contributed by atoms with van der Waals surface area (Å²) in [6.45, 7) is 2.77. The Balaban J connectivity index is 1.31. The van der Waals surface area contributed by atoms with E-state index in [0.29, 0.717) is 12.1 Å². The number of amides is 4. The highest BCUT2D eigenvalue weighted by atomic mass is 19.4. The lowest BCUT2D eigenvalue weighted by Crippen LogP contribution is -2.59. The van der Waals surface area contributed by atoms with Gasteiger partial charge in [0.25, 0.3) is 5.91 Å². The number of urea groups is 1. The predicted molar refractivity (Wildman–Crippen MR) is 153 cm³/mol. The molecule has 1 aliphatic heterocycles. The molecule has 2 heterocycles. The number of anilines is 1. The summed E-state index contributed by atoms with van der Waals surface area (Å²) in [7, 11) is 0. The quantitative estimate of drug-likeness (QED) is 0.291. The Kier molecular flexibility index (Phi) is 8.19. The third-order valence-electron chi connectivity index (χ3n) is 7.39. The van der Waals surface area contributed by atoms with E-state index < -0.39 is 23.8 Å². The van der Waals surface area contributed by atoms with E-state index >= 15 is 0 Å². The number of H-pyrrole nitrogens is 1. The van der Waals surface area contributed by atoms with Gasteiger partial charge >= 0.3 is 12.2 Å². The molecule has 0 aliphatic carbocycles. The standard InChI is InChI=1S/C31H30F3N5O3/c1-20-19-38(15-16-39(20)28(40)21-7-3-2-4-8-21)29(41)27(17-22-18-35-26-10-6-5-9-25(22)26)37-30(42)36-24-13-11-23(12-14-24)31(32,33)34/h2-14,18,20,27,35H,15-17,19H2,1H3,(H2,36,37,42). The molecule has 1 saturated heterocycles. The minimum absolute atomic E-state index is 0.111. The Morgan fingerprint density at radius 3 is 2.33 bits per heavy atom. The highest BCUT2D eigenvalue weighted by molar-refractivity contribution is 5.96. The predicted octanol–water partition coefficient (Wildman–Crippen LogP) is 5.29. The summed E-state index contributed by atoms with van der Waals surface area (Å²) in [5.74, 6) is -0.430. The fourth-order valence-corrected chi connectivity index (χ4v) is 5.21. The molecule has 11 heteroatoms. The van der Waals surface area contributed by atoms with Crippen LogP contribution >= 0.6 is 0 Å². The molecule has 4 aromatic rings. The molecular formula is C31H30F3N5O3. The zero-order chi connectivity index (χ0) is 29.9. The number of piperazine rings is 1. The monoisotopic (exact) mass is 577 g/mol. The normalized spacial score (nSPS) is 16.2. The maximum atomic E-state index is 13.8. The van der Waals surface area contributed by atoms with Gasteiger partial charge < -0.3 is 25.4 Å². The van der Waals surface area contributed by atoms with Crippen LogP contribution in [0.15, 0.2) is 85.1 Å². The zero-order valence-corrected chi connectivity index (χ0v) is 22.8. The SMILES string of the molecule is CC1CN(C(=O)C(Cc2c[nH]c3ccccc23)NC(=O)Nc2ccc(C(F)(F)F)cc2)CCN1C(=O)c1ccccc1. The lowest BCUT2D eigenvalue weighted by molar-refractivity contribution is -0.137. The average molecular weight is 578 g/mol. The molecule has 2 unspecified atom stereocenters. The topological polar surface area (TPSA) is 97.5 Å². The van der Waals surface area contributed by atoms with E-state index in [1.165, 1.54) is 0 Å². The summed E-state index contributed by atoms with van der Waals surface area (Å²) in [5.41, 5.74) is 1.60. The van der Waals surface area contributed by atoms with Gasteiger partial charge in [-0.2, -0.15) is 13.2 Å². The molecule has 0 radical (unpaired) electrons. The molecule has 0 saturated carbocycles. The molecule has 2 atom stereocenters. The van der Waals surface area contributed by atoms with Crippen LogP contribution in [0.25, 0.3) is 10.9 Å². The summed E-state index contributed by atoms with van der Waals surface area (Å²) in [6, 6.07) is 18.7. The summed E-state index contributed by atoms with van der Waals surface area (Å²) >= 11 is 0. The molecule has 3 aromatic carbocycles. The first-order valence-electron chi connectivity index (χ1n) is 13.5. The highest BCUT2D eigenvalue weighted by Gasteiger charge is 2.34. The number of para-hydroxylation sites is 1. The van der Waals surface area contributed by atoms with Gasteiger partial charge in [-0.25, -0.2) is 4.79 Å². The van der Waals surface area contributed by atoms with E-state index in [2.05, 4.69) is 15.6 Å². The average Bonchev–Trinajstić information content (AvgIpc) is 3.39. The first-order chi connectivity index (χ1) is 20.1. The van der Waals surface area contributed by atoms with E-state index in [1.807, 2.05) is 37.3 Å². The number of aromatic amines is 1. The van der Waals surface area contributed by atoms with E-state index in [9.17, 15) is 27.6 Å². The lowest BCUT2D eigenvalue weighted by atomic mass is 10.0. The van der Waals surface area contributed by atoms with Gasteiger partial charge in [-0.3, -0.25) is 9.59 Å². The van der Waals surface area contributed by atoms with Crippen molar-refractivity contribution in [1.82, 2.24) is 20.1 Å². The maximum Gasteiger partial charge on any atom is 0.416 e. The Morgan fingerprint density at radius 2 is 1.64 bits per heavy atom. The van der Waals surface area contributed by atoms with Crippen molar-refractivity contribution in [2.24, 2.45) is 0 Å². The van der Waals surface area contributed by atoms with Gasteiger partial charge in [0.05, 0.1) is 5.56 Å². The van der Waals surface area contributed by atoms with Crippen LogP contribution in [-0.4, -0.2) is 64.3 Å². The van der Waals surface area contributed by atoms with Crippen LogP contribution in [0.1, 0.15) is 28.4 Å². The second-order valence-electron chi connectivity index (χ2n) is 10.3. The van der Waals surface area contributed by atoms with Gasteiger partial charge in [0.2, 0.25) is 5.91 Å². The molecule has 8 nitrogen and oxygen atoms in total. The van der Waals surface area contributed by atoms with Crippen LogP contribution in [0.5, 0.6) is 0 Å². The lowest BCUT2D eigenvalue weighted by Gasteiger charge is -2.41. The smallest absolute Gasteiger partial charge is 0.361 e. The van der Waals surface area contributed by atoms with Crippen LogP contribution in [0.4, 0.5) is 23.7 Å². The van der Waals surface area contributed by atoms with Crippen molar-refractivity contribution in [2.45, 2.75) is 31.6 Å². The Morgan fingerprint density at radius 1 is 0.952 bits per heavy atom. The van der Waals surface area contributed by atoms with Crippen LogP contribution in [0, 0.1) is 0 Å². The zero-order valence-electron chi connectivity index (χ0n) is 22.8. The summed E-state index contributed by atoms with van der Waals surface area (Å²) < 4.78 is 38.8. The number of hydrogen-bond donors (Lipinski definition) is 3. The molecule has 0 spiro atoms. The van der Waals surface area contributed by atoms with Gasteiger partial charge in [0, 0.05) is 60.4 Å². The van der Waals surface area contributed by atoms with E-state index in [1.54, 1.807) is 40.3 Å². The first-order valence-corrected chi connectivity index (χ1v) is 13.5. The van der Waals surface area contributed by atoms with Crippen molar-refractivity contribution in [2.75, 3.05) is 25.0 Å². The number of carbonyl (C=O) groups is 3. The number of fused-ring (bicyclic) bond motifs is 1. The third kappa shape index (κ3) is 6.40. The third-order valence-corrected chi connectivity index (χ3v) is 7.39. The Hall–Kier alpha value is -4.80. The van der Waals surface area contributed by atoms with E-state index in [-0.39, 0.29) is 43.1 Å². The largest absolute Gasteiger partial charge is 0.416 e. The van der Waals surface area contributed by atoms with Crippen molar-refractivity contribution in [3.8, 4) is 0 Å². The van der Waals surface area contributed by atoms with Gasteiger partial charge in [-0.05, 0) is 55.0 Å². The molecule has 1 aromatic heterocycles. The van der Waals surface area contributed by atoms with Crippen molar-refractivity contribution in [3.05, 3.63) is 102 Å². The molecule has 1 fully saturated rings. The maximum absolute atomic E-state index is 13.8. The summed E-state index contributed by atoms with van der Waals surface area (Å²) in [4.78, 5) is 46.4. The minimum atomic E-state index is -4.50. The van der Waals surface area contributed by atoms with Crippen molar-refractivity contribution in [1.29, 1.82) is 0 Å². The number of benzene rings is 3. The van der Waals surface area contributed by atoms with Gasteiger partial charge in [-0.1, -0.05) is 36.4 Å². The van der Waals surface area contributed by atoms with Crippen molar-refractivity contribution >= 4 is 34.4 Å². The molecule has 5 rings (SSSR count). The minimum Gasteiger partial charge on any atom is -0.361 e. The fraction of sp³-hybridized carbons (Fsp3) is 0.258. The van der Waals surface area contributed by atoms with Crippen molar-refractivity contribution < 1.29 is 27.6 Å².